The number of rotatable bonds is 1. The molecule has 0 atom stereocenters. The number of aromatic amines is 1. The van der Waals surface area contributed by atoms with Gasteiger partial charge in [-0.3, -0.25) is 4.79 Å². The summed E-state index contributed by atoms with van der Waals surface area (Å²) in [6.07, 6.45) is 1.83. The lowest BCUT2D eigenvalue weighted by molar-refractivity contribution is -0.114. The van der Waals surface area contributed by atoms with Crippen molar-refractivity contribution in [3.8, 4) is 0 Å². The molecule has 14 heavy (non-hydrogen) atoms. The van der Waals surface area contributed by atoms with E-state index in [9.17, 15) is 4.79 Å². The number of benzene rings is 1. The van der Waals surface area contributed by atoms with Gasteiger partial charge < -0.3 is 10.3 Å². The maximum absolute atomic E-state index is 10.9. The van der Waals surface area contributed by atoms with Crippen molar-refractivity contribution in [3.63, 3.8) is 0 Å². The van der Waals surface area contributed by atoms with Crippen molar-refractivity contribution >= 4 is 34.1 Å². The Bertz CT molecular complexity index is 490. The van der Waals surface area contributed by atoms with Crippen LogP contribution in [0, 0.1) is 0 Å². The van der Waals surface area contributed by atoms with Gasteiger partial charge >= 0.3 is 0 Å². The van der Waals surface area contributed by atoms with Gasteiger partial charge in [0.1, 0.15) is 0 Å². The molecule has 2 rings (SSSR count). The third-order valence-electron chi connectivity index (χ3n) is 1.95. The quantitative estimate of drug-likeness (QED) is 0.744. The molecule has 1 amide bonds. The summed E-state index contributed by atoms with van der Waals surface area (Å²) in [5.74, 6) is -0.123. The van der Waals surface area contributed by atoms with Crippen molar-refractivity contribution in [1.29, 1.82) is 0 Å². The van der Waals surface area contributed by atoms with E-state index in [4.69, 9.17) is 11.6 Å². The molecule has 0 aliphatic carbocycles. The van der Waals surface area contributed by atoms with E-state index in [2.05, 4.69) is 10.3 Å². The Morgan fingerprint density at radius 2 is 2.29 bits per heavy atom. The minimum atomic E-state index is -0.123. The first-order valence-corrected chi connectivity index (χ1v) is 4.59. The number of aromatic nitrogens is 1. The fourth-order valence-corrected chi connectivity index (χ4v) is 1.57. The van der Waals surface area contributed by atoms with E-state index in [1.807, 2.05) is 18.3 Å². The molecule has 1 aromatic heterocycles. The van der Waals surface area contributed by atoms with Crippen molar-refractivity contribution in [3.05, 3.63) is 29.4 Å². The normalized spacial score (nSPS) is 10.4. The summed E-state index contributed by atoms with van der Waals surface area (Å²) in [7, 11) is 0. The van der Waals surface area contributed by atoms with Crippen LogP contribution in [0.5, 0.6) is 0 Å². The van der Waals surface area contributed by atoms with Crippen molar-refractivity contribution in [2.75, 3.05) is 5.32 Å². The Morgan fingerprint density at radius 3 is 3.00 bits per heavy atom. The lowest BCUT2D eigenvalue weighted by Gasteiger charge is -2.04. The average molecular weight is 209 g/mol. The minimum Gasteiger partial charge on any atom is -0.361 e. The molecule has 0 aliphatic rings. The molecular weight excluding hydrogens is 200 g/mol. The molecule has 1 heterocycles. The van der Waals surface area contributed by atoms with Gasteiger partial charge in [0.05, 0.1) is 10.7 Å². The average Bonchev–Trinajstić information content (AvgIpc) is 2.51. The molecule has 0 saturated carbocycles. The van der Waals surface area contributed by atoms with Gasteiger partial charge in [-0.2, -0.15) is 0 Å². The number of hydrogen-bond acceptors (Lipinski definition) is 1. The van der Waals surface area contributed by atoms with E-state index in [0.717, 1.165) is 10.9 Å². The number of amides is 1. The molecular formula is C10H9ClN2O. The van der Waals surface area contributed by atoms with Crippen LogP contribution in [0.4, 0.5) is 5.69 Å². The van der Waals surface area contributed by atoms with Crippen molar-refractivity contribution in [1.82, 2.24) is 4.98 Å². The van der Waals surface area contributed by atoms with E-state index >= 15 is 0 Å². The van der Waals surface area contributed by atoms with Gasteiger partial charge in [-0.1, -0.05) is 11.6 Å². The Hall–Kier alpha value is -1.48. The number of anilines is 1. The van der Waals surface area contributed by atoms with Gasteiger partial charge in [0.25, 0.3) is 0 Å². The molecule has 2 N–H and O–H groups in total. The zero-order valence-corrected chi connectivity index (χ0v) is 8.35. The minimum absolute atomic E-state index is 0.123. The molecule has 1 aromatic carbocycles. The molecule has 3 nitrogen and oxygen atoms in total. The number of fused-ring (bicyclic) bond motifs is 1. The summed E-state index contributed by atoms with van der Waals surface area (Å²) >= 11 is 5.97. The second-order valence-electron chi connectivity index (χ2n) is 3.08. The monoisotopic (exact) mass is 208 g/mol. The second kappa shape index (κ2) is 3.35. The molecule has 4 heteroatoms. The number of carbonyl (C=O) groups is 1. The van der Waals surface area contributed by atoms with Crippen LogP contribution < -0.4 is 5.32 Å². The van der Waals surface area contributed by atoms with Crippen LogP contribution in [0.2, 0.25) is 5.02 Å². The number of halogens is 1. The molecule has 0 fully saturated rings. The molecule has 0 bridgehead atoms. The molecule has 0 spiro atoms. The lowest BCUT2D eigenvalue weighted by atomic mass is 10.2. The van der Waals surface area contributed by atoms with Crippen LogP contribution in [0.3, 0.4) is 0 Å². The predicted octanol–water partition coefficient (Wildman–Crippen LogP) is 2.78. The second-order valence-corrected chi connectivity index (χ2v) is 3.49. The molecule has 0 aliphatic heterocycles. The van der Waals surface area contributed by atoms with Crippen molar-refractivity contribution in [2.24, 2.45) is 0 Å². The number of nitrogens with one attached hydrogen (secondary N) is 2. The topological polar surface area (TPSA) is 44.9 Å². The highest BCUT2D eigenvalue weighted by Gasteiger charge is 2.04. The molecule has 72 valence electrons. The fourth-order valence-electron chi connectivity index (χ4n) is 1.36. The smallest absolute Gasteiger partial charge is 0.221 e. The van der Waals surface area contributed by atoms with Crippen LogP contribution in [0.25, 0.3) is 10.9 Å². The van der Waals surface area contributed by atoms with Gasteiger partial charge in [-0.05, 0) is 18.2 Å². The van der Waals surface area contributed by atoms with E-state index in [1.165, 1.54) is 6.92 Å². The standard InChI is InChI=1S/C10H9ClN2O/c1-6(14)13-10-4-7-2-3-12-9(7)5-8(10)11/h2-5,12H,1H3,(H,13,14). The summed E-state index contributed by atoms with van der Waals surface area (Å²) < 4.78 is 0. The Morgan fingerprint density at radius 1 is 1.50 bits per heavy atom. The SMILES string of the molecule is CC(=O)Nc1cc2cc[nH]c2cc1Cl. The summed E-state index contributed by atoms with van der Waals surface area (Å²) in [5, 5.41) is 4.23. The van der Waals surface area contributed by atoms with Gasteiger partial charge in [0, 0.05) is 24.0 Å². The van der Waals surface area contributed by atoms with E-state index < -0.39 is 0 Å². The first kappa shape index (κ1) is 9.09. The zero-order chi connectivity index (χ0) is 10.1. The summed E-state index contributed by atoms with van der Waals surface area (Å²) in [4.78, 5) is 13.9. The van der Waals surface area contributed by atoms with E-state index in [-0.39, 0.29) is 5.91 Å². The highest BCUT2D eigenvalue weighted by Crippen LogP contribution is 2.27. The third kappa shape index (κ3) is 1.59. The Balaban J connectivity index is 2.53. The fraction of sp³-hybridized carbons (Fsp3) is 0.100. The maximum Gasteiger partial charge on any atom is 0.221 e. The van der Waals surface area contributed by atoms with Gasteiger partial charge in [-0.15, -0.1) is 0 Å². The molecule has 0 radical (unpaired) electrons. The molecule has 0 unspecified atom stereocenters. The summed E-state index contributed by atoms with van der Waals surface area (Å²) in [5.41, 5.74) is 1.61. The first-order chi connectivity index (χ1) is 6.66. The molecule has 0 saturated heterocycles. The lowest BCUT2D eigenvalue weighted by Crippen LogP contribution is -2.05. The number of H-pyrrole nitrogens is 1. The van der Waals surface area contributed by atoms with Crippen LogP contribution in [-0.4, -0.2) is 10.9 Å². The van der Waals surface area contributed by atoms with Crippen LogP contribution in [0.15, 0.2) is 24.4 Å². The highest BCUT2D eigenvalue weighted by atomic mass is 35.5. The summed E-state index contributed by atoms with van der Waals surface area (Å²) in [6, 6.07) is 5.56. The maximum atomic E-state index is 10.9. The number of carbonyl (C=O) groups excluding carboxylic acids is 1. The molecule has 2 aromatic rings. The van der Waals surface area contributed by atoms with Crippen molar-refractivity contribution < 1.29 is 4.79 Å². The predicted molar refractivity (Wildman–Crippen MR) is 57.6 cm³/mol. The van der Waals surface area contributed by atoms with Crippen LogP contribution in [0.1, 0.15) is 6.92 Å². The highest BCUT2D eigenvalue weighted by molar-refractivity contribution is 6.34. The van der Waals surface area contributed by atoms with Crippen molar-refractivity contribution in [2.45, 2.75) is 6.92 Å². The van der Waals surface area contributed by atoms with Crippen LogP contribution >= 0.6 is 11.6 Å². The van der Waals surface area contributed by atoms with E-state index in [0.29, 0.717) is 10.7 Å². The third-order valence-corrected chi connectivity index (χ3v) is 2.26. The zero-order valence-electron chi connectivity index (χ0n) is 7.60. The van der Waals surface area contributed by atoms with Crippen LogP contribution in [-0.2, 0) is 4.79 Å². The van der Waals surface area contributed by atoms with Gasteiger partial charge in [0.15, 0.2) is 0 Å². The number of hydrogen-bond donors (Lipinski definition) is 2. The van der Waals surface area contributed by atoms with Gasteiger partial charge in [0.2, 0.25) is 5.91 Å². The van der Waals surface area contributed by atoms with Gasteiger partial charge in [-0.25, -0.2) is 0 Å². The largest absolute Gasteiger partial charge is 0.361 e. The summed E-state index contributed by atoms with van der Waals surface area (Å²) in [6.45, 7) is 1.46. The Labute approximate surface area is 86.1 Å². The Kier molecular flexibility index (Phi) is 2.17. The van der Waals surface area contributed by atoms with E-state index in [1.54, 1.807) is 6.07 Å². The first-order valence-electron chi connectivity index (χ1n) is 4.21.